The Morgan fingerprint density at radius 3 is 2.46 bits per heavy atom. The molecule has 5 N–H and O–H groups in total. The van der Waals surface area contributed by atoms with Crippen molar-refractivity contribution in [3.8, 4) is 0 Å². The summed E-state index contributed by atoms with van der Waals surface area (Å²) >= 11 is 0. The molecule has 2 aromatic rings. The first kappa shape index (κ1) is 28.6. The topological polar surface area (TPSA) is 118 Å². The molecule has 0 aromatic heterocycles. The van der Waals surface area contributed by atoms with Crippen LogP contribution in [-0.4, -0.2) is 56.4 Å². The summed E-state index contributed by atoms with van der Waals surface area (Å²) < 4.78 is 11.7. The van der Waals surface area contributed by atoms with Crippen LogP contribution in [0.25, 0.3) is 0 Å². The number of hydrogen-bond acceptors (Lipinski definition) is 7. The van der Waals surface area contributed by atoms with Crippen molar-refractivity contribution < 1.29 is 19.1 Å². The monoisotopic (exact) mass is 511 g/mol. The van der Waals surface area contributed by atoms with Gasteiger partial charge in [0.2, 0.25) is 11.8 Å². The molecule has 4 atom stereocenters. The van der Waals surface area contributed by atoms with E-state index in [0.717, 1.165) is 30.6 Å². The van der Waals surface area contributed by atoms with E-state index >= 15 is 0 Å². The zero-order valence-corrected chi connectivity index (χ0v) is 22.5. The first-order valence-corrected chi connectivity index (χ1v) is 12.9. The molecule has 0 spiro atoms. The van der Waals surface area contributed by atoms with Gasteiger partial charge in [-0.3, -0.25) is 9.59 Å². The van der Waals surface area contributed by atoms with Gasteiger partial charge in [0.15, 0.2) is 0 Å². The van der Waals surface area contributed by atoms with Crippen molar-refractivity contribution in [3.63, 3.8) is 0 Å². The number of ether oxygens (including phenoxy) is 2. The van der Waals surface area contributed by atoms with Gasteiger partial charge in [0.25, 0.3) is 0 Å². The summed E-state index contributed by atoms with van der Waals surface area (Å²) in [6, 6.07) is 13.1. The highest BCUT2D eigenvalue weighted by molar-refractivity contribution is 5.97. The van der Waals surface area contributed by atoms with Crippen LogP contribution in [-0.2, 0) is 38.7 Å². The van der Waals surface area contributed by atoms with E-state index in [-0.39, 0.29) is 18.0 Å². The number of anilines is 2. The maximum Gasteiger partial charge on any atom is 0.246 e. The molecule has 0 fully saturated rings. The second-order valence-corrected chi connectivity index (χ2v) is 9.59. The molecule has 1 heterocycles. The summed E-state index contributed by atoms with van der Waals surface area (Å²) in [5.74, 6) is -0.710. The molecule has 9 nitrogen and oxygen atoms in total. The highest BCUT2D eigenvalue weighted by atomic mass is 16.5. The molecule has 2 aromatic carbocycles. The van der Waals surface area contributed by atoms with Gasteiger partial charge in [0, 0.05) is 31.1 Å². The fourth-order valence-electron chi connectivity index (χ4n) is 4.58. The lowest BCUT2D eigenvalue weighted by Crippen LogP contribution is -2.47. The van der Waals surface area contributed by atoms with Gasteiger partial charge in [0.1, 0.15) is 12.3 Å². The fraction of sp³-hybridized carbons (Fsp3) is 0.500. The Morgan fingerprint density at radius 2 is 1.78 bits per heavy atom. The Bertz CT molecular complexity index is 1060. The van der Waals surface area contributed by atoms with Gasteiger partial charge in [-0.15, -0.1) is 0 Å². The van der Waals surface area contributed by atoms with Crippen molar-refractivity contribution in [2.24, 2.45) is 5.73 Å². The average Bonchev–Trinajstić information content (AvgIpc) is 3.24. The van der Waals surface area contributed by atoms with Crippen molar-refractivity contribution in [2.45, 2.75) is 71.7 Å². The third kappa shape index (κ3) is 7.75. The number of fused-ring (bicyclic) bond motifs is 1. The van der Waals surface area contributed by atoms with Crippen molar-refractivity contribution in [1.82, 2.24) is 10.6 Å². The molecular weight excluding hydrogens is 470 g/mol. The van der Waals surface area contributed by atoms with Gasteiger partial charge in [-0.25, -0.2) is 0 Å². The minimum Gasteiger partial charge on any atom is -0.380 e. The van der Waals surface area contributed by atoms with Gasteiger partial charge in [-0.1, -0.05) is 31.2 Å². The second-order valence-electron chi connectivity index (χ2n) is 9.59. The molecule has 0 saturated heterocycles. The lowest BCUT2D eigenvalue weighted by atomic mass is 10.1. The number of carbonyl (C=O) groups excluding carboxylic acids is 2. The van der Waals surface area contributed by atoms with E-state index in [1.165, 1.54) is 11.3 Å². The molecule has 0 aliphatic carbocycles. The fourth-order valence-corrected chi connectivity index (χ4v) is 4.58. The van der Waals surface area contributed by atoms with Gasteiger partial charge in [-0.05, 0) is 68.6 Å². The van der Waals surface area contributed by atoms with Gasteiger partial charge in [0.05, 0.1) is 19.3 Å². The summed E-state index contributed by atoms with van der Waals surface area (Å²) in [5.41, 5.74) is 10.6. The van der Waals surface area contributed by atoms with Crippen molar-refractivity contribution in [2.75, 3.05) is 30.4 Å². The van der Waals surface area contributed by atoms with Crippen LogP contribution in [0.4, 0.5) is 11.4 Å². The van der Waals surface area contributed by atoms with Crippen LogP contribution in [0, 0.1) is 0 Å². The Labute approximate surface area is 220 Å². The number of amides is 2. The number of hydrogen-bond donors (Lipinski definition) is 4. The normalized spacial score (nSPS) is 17.1. The molecule has 37 heavy (non-hydrogen) atoms. The minimum atomic E-state index is -0.729. The maximum atomic E-state index is 12.7. The standard InChI is InChI=1S/C28H41N5O4/c1-6-30-15-25-14-23-9-7-8-10-26(23)33(25)20(4)37-17-22-11-21(16-36-5)12-24(13-22)32-28(35)19(3)31-27(34)18(2)29/h7-13,18-20,25,30H,6,14-17,29H2,1-5H3,(H,31,34)(H,32,35)/t18-,19-,20?,25-/m0/s1. The van der Waals surface area contributed by atoms with Crippen molar-refractivity contribution in [3.05, 3.63) is 59.2 Å². The van der Waals surface area contributed by atoms with Crippen molar-refractivity contribution >= 4 is 23.2 Å². The number of likely N-dealkylation sites (N-methyl/N-ethyl adjacent to an activating group) is 1. The number of methoxy groups -OCH3 is 1. The average molecular weight is 512 g/mol. The lowest BCUT2D eigenvalue weighted by Gasteiger charge is -2.33. The van der Waals surface area contributed by atoms with Crippen LogP contribution >= 0.6 is 0 Å². The predicted octanol–water partition coefficient (Wildman–Crippen LogP) is 2.53. The molecule has 1 aliphatic heterocycles. The Morgan fingerprint density at radius 1 is 1.08 bits per heavy atom. The lowest BCUT2D eigenvalue weighted by molar-refractivity contribution is -0.126. The van der Waals surface area contributed by atoms with Crippen LogP contribution in [0.3, 0.4) is 0 Å². The number of nitrogens with two attached hydrogens (primary N) is 1. The molecule has 202 valence electrons. The zero-order valence-electron chi connectivity index (χ0n) is 22.5. The number of nitrogens with one attached hydrogen (secondary N) is 3. The van der Waals surface area contributed by atoms with E-state index in [1.807, 2.05) is 18.2 Å². The van der Waals surface area contributed by atoms with Crippen LogP contribution in [0.5, 0.6) is 0 Å². The van der Waals surface area contributed by atoms with Gasteiger partial charge < -0.3 is 36.1 Å². The maximum absolute atomic E-state index is 12.7. The summed E-state index contributed by atoms with van der Waals surface area (Å²) in [6.45, 7) is 9.95. The summed E-state index contributed by atoms with van der Waals surface area (Å²) in [4.78, 5) is 26.9. The summed E-state index contributed by atoms with van der Waals surface area (Å²) in [7, 11) is 1.63. The summed E-state index contributed by atoms with van der Waals surface area (Å²) in [5, 5.41) is 8.98. The second kappa shape index (κ2) is 13.5. The molecule has 0 bridgehead atoms. The number of para-hydroxylation sites is 1. The van der Waals surface area contributed by atoms with Crippen LogP contribution in [0.2, 0.25) is 0 Å². The van der Waals surface area contributed by atoms with E-state index in [0.29, 0.717) is 24.9 Å². The molecular formula is C28H41N5O4. The van der Waals surface area contributed by atoms with Gasteiger partial charge >= 0.3 is 0 Å². The number of rotatable bonds is 13. The molecule has 9 heteroatoms. The minimum absolute atomic E-state index is 0.148. The third-order valence-electron chi connectivity index (χ3n) is 6.43. The van der Waals surface area contributed by atoms with Crippen LogP contribution in [0.15, 0.2) is 42.5 Å². The zero-order chi connectivity index (χ0) is 26.9. The Balaban J connectivity index is 1.71. The molecule has 1 aliphatic rings. The molecule has 0 saturated carbocycles. The van der Waals surface area contributed by atoms with Crippen molar-refractivity contribution in [1.29, 1.82) is 0 Å². The quantitative estimate of drug-likeness (QED) is 0.326. The number of carbonyl (C=O) groups is 2. The number of benzene rings is 2. The largest absolute Gasteiger partial charge is 0.380 e. The third-order valence-corrected chi connectivity index (χ3v) is 6.43. The SMILES string of the molecule is CCNC[C@@H]1Cc2ccccc2N1C(C)OCc1cc(COC)cc(NC(=O)[C@H](C)NC(=O)[C@H](C)N)c1. The van der Waals surface area contributed by atoms with E-state index in [2.05, 4.69) is 59.0 Å². The molecule has 3 rings (SSSR count). The highest BCUT2D eigenvalue weighted by Crippen LogP contribution is 2.34. The van der Waals surface area contributed by atoms with E-state index in [1.54, 1.807) is 21.0 Å². The predicted molar refractivity (Wildman–Crippen MR) is 146 cm³/mol. The van der Waals surface area contributed by atoms with E-state index in [9.17, 15) is 9.59 Å². The summed E-state index contributed by atoms with van der Waals surface area (Å²) in [6.07, 6.45) is 0.832. The Hall–Kier alpha value is -2.98. The first-order valence-electron chi connectivity index (χ1n) is 12.9. The van der Waals surface area contributed by atoms with E-state index < -0.39 is 12.1 Å². The first-order chi connectivity index (χ1) is 17.7. The van der Waals surface area contributed by atoms with E-state index in [4.69, 9.17) is 15.2 Å². The Kier molecular flexibility index (Phi) is 10.5. The smallest absolute Gasteiger partial charge is 0.246 e. The number of nitrogens with zero attached hydrogens (tertiary/aromatic N) is 1. The highest BCUT2D eigenvalue weighted by Gasteiger charge is 2.32. The van der Waals surface area contributed by atoms with Gasteiger partial charge in [-0.2, -0.15) is 0 Å². The molecule has 2 amide bonds. The molecule has 0 radical (unpaired) electrons. The molecule has 1 unspecified atom stereocenters. The van der Waals surface area contributed by atoms with Crippen LogP contribution in [0.1, 0.15) is 44.4 Å². The van der Waals surface area contributed by atoms with Crippen LogP contribution < -0.4 is 26.6 Å².